The molecule has 0 aliphatic carbocycles. The van der Waals surface area contributed by atoms with Crippen LogP contribution in [0.5, 0.6) is 0 Å². The van der Waals surface area contributed by atoms with Gasteiger partial charge in [-0.1, -0.05) is 18.5 Å². The average Bonchev–Trinajstić information content (AvgIpc) is 2.80. The number of hydrogen-bond acceptors (Lipinski definition) is 2. The molecule has 0 unspecified atom stereocenters. The number of carbonyl (C=O) groups excluding carboxylic acids is 2. The summed E-state index contributed by atoms with van der Waals surface area (Å²) in [5.41, 5.74) is 0.694. The van der Waals surface area contributed by atoms with Crippen LogP contribution in [0.4, 0.5) is 5.69 Å². The van der Waals surface area contributed by atoms with Gasteiger partial charge in [0.2, 0.25) is 11.8 Å². The number of amides is 2. The third-order valence-corrected chi connectivity index (χ3v) is 3.54. The van der Waals surface area contributed by atoms with Crippen molar-refractivity contribution < 1.29 is 9.59 Å². The van der Waals surface area contributed by atoms with Crippen molar-refractivity contribution in [1.29, 1.82) is 0 Å². The summed E-state index contributed by atoms with van der Waals surface area (Å²) in [4.78, 5) is 25.6. The van der Waals surface area contributed by atoms with E-state index >= 15 is 0 Å². The quantitative estimate of drug-likeness (QED) is 0.922. The van der Waals surface area contributed by atoms with Crippen molar-refractivity contribution in [2.75, 3.05) is 11.9 Å². The van der Waals surface area contributed by atoms with Crippen molar-refractivity contribution in [3.8, 4) is 0 Å². The van der Waals surface area contributed by atoms with Gasteiger partial charge in [0.05, 0.1) is 0 Å². The summed E-state index contributed by atoms with van der Waals surface area (Å²) < 4.78 is 0. The molecule has 1 aromatic rings. The molecule has 1 aliphatic heterocycles. The molecule has 1 N–H and O–H groups in total. The maximum atomic E-state index is 12.2. The van der Waals surface area contributed by atoms with Crippen LogP contribution in [-0.4, -0.2) is 29.3 Å². The molecule has 1 saturated heterocycles. The highest BCUT2D eigenvalue weighted by atomic mass is 35.5. The van der Waals surface area contributed by atoms with Gasteiger partial charge in [-0.3, -0.25) is 9.59 Å². The largest absolute Gasteiger partial charge is 0.331 e. The number of anilines is 1. The lowest BCUT2D eigenvalue weighted by Gasteiger charge is -2.25. The van der Waals surface area contributed by atoms with Crippen LogP contribution in [0.15, 0.2) is 24.3 Å². The van der Waals surface area contributed by atoms with E-state index in [0.717, 1.165) is 6.42 Å². The zero-order chi connectivity index (χ0) is 13.8. The average molecular weight is 281 g/mol. The topological polar surface area (TPSA) is 49.4 Å². The number of nitrogens with one attached hydrogen (secondary N) is 1. The van der Waals surface area contributed by atoms with Crippen LogP contribution >= 0.6 is 11.6 Å². The molecule has 4 nitrogen and oxygen atoms in total. The van der Waals surface area contributed by atoms with Gasteiger partial charge in [-0.05, 0) is 37.1 Å². The van der Waals surface area contributed by atoms with Crippen molar-refractivity contribution in [1.82, 2.24) is 4.90 Å². The second-order valence-corrected chi connectivity index (χ2v) is 5.05. The lowest BCUT2D eigenvalue weighted by molar-refractivity contribution is -0.135. The maximum absolute atomic E-state index is 12.2. The number of hydrogen-bond donors (Lipinski definition) is 1. The summed E-state index contributed by atoms with van der Waals surface area (Å²) in [6.07, 6.45) is 2.00. The van der Waals surface area contributed by atoms with Crippen molar-refractivity contribution in [2.24, 2.45) is 0 Å². The molecule has 0 saturated carbocycles. The van der Waals surface area contributed by atoms with Gasteiger partial charge < -0.3 is 10.2 Å². The number of likely N-dealkylation sites (tertiary alicyclic amines) is 1. The van der Waals surface area contributed by atoms with E-state index in [4.69, 9.17) is 11.6 Å². The van der Waals surface area contributed by atoms with Crippen molar-refractivity contribution in [3.05, 3.63) is 29.3 Å². The van der Waals surface area contributed by atoms with Crippen molar-refractivity contribution in [2.45, 2.75) is 32.2 Å². The van der Waals surface area contributed by atoms with Crippen molar-refractivity contribution in [3.63, 3.8) is 0 Å². The fourth-order valence-corrected chi connectivity index (χ4v) is 2.43. The normalized spacial score (nSPS) is 16.5. The minimum absolute atomic E-state index is 0.0677. The molecule has 1 aliphatic rings. The van der Waals surface area contributed by atoms with Crippen molar-refractivity contribution >= 4 is 29.1 Å². The van der Waals surface area contributed by atoms with E-state index in [9.17, 15) is 9.59 Å². The van der Waals surface area contributed by atoms with Crippen LogP contribution in [0.3, 0.4) is 0 Å². The van der Waals surface area contributed by atoms with Gasteiger partial charge in [0.15, 0.2) is 0 Å². The first-order valence-electron chi connectivity index (χ1n) is 6.47. The van der Waals surface area contributed by atoms with Gasteiger partial charge in [0.1, 0.15) is 6.04 Å². The van der Waals surface area contributed by atoms with Crippen LogP contribution < -0.4 is 5.32 Å². The minimum Gasteiger partial charge on any atom is -0.331 e. The molecule has 102 valence electrons. The predicted molar refractivity (Wildman–Crippen MR) is 75.1 cm³/mol. The molecule has 2 rings (SSSR count). The Labute approximate surface area is 117 Å². The Bertz CT molecular complexity index is 473. The molecule has 0 bridgehead atoms. The number of rotatable bonds is 4. The Balaban J connectivity index is 2.04. The SMILES string of the molecule is CC[C@H](C(=O)Nc1ccc(Cl)cc1)N1CCCC1=O. The van der Waals surface area contributed by atoms with Gasteiger partial charge in [-0.15, -0.1) is 0 Å². The Hall–Kier alpha value is -1.55. The summed E-state index contributed by atoms with van der Waals surface area (Å²) in [5, 5.41) is 3.45. The first-order valence-corrected chi connectivity index (χ1v) is 6.85. The standard InChI is InChI=1S/C14H17ClN2O2/c1-2-12(17-9-3-4-13(17)18)14(19)16-11-7-5-10(15)6-8-11/h5-8,12H,2-4,9H2,1H3,(H,16,19)/t12-/m1/s1. The van der Waals surface area contributed by atoms with Gasteiger partial charge >= 0.3 is 0 Å². The van der Waals surface area contributed by atoms with E-state index in [1.165, 1.54) is 0 Å². The molecular formula is C14H17ClN2O2. The molecule has 1 aromatic carbocycles. The zero-order valence-electron chi connectivity index (χ0n) is 10.9. The summed E-state index contributed by atoms with van der Waals surface area (Å²) in [7, 11) is 0. The van der Waals surface area contributed by atoms with E-state index in [0.29, 0.717) is 30.1 Å². The van der Waals surface area contributed by atoms with Crippen LogP contribution in [-0.2, 0) is 9.59 Å². The molecular weight excluding hydrogens is 264 g/mol. The number of benzene rings is 1. The molecule has 0 radical (unpaired) electrons. The lowest BCUT2D eigenvalue weighted by Crippen LogP contribution is -2.44. The molecule has 1 heterocycles. The molecule has 2 amide bonds. The van der Waals surface area contributed by atoms with E-state index in [1.807, 2.05) is 6.92 Å². The first-order chi connectivity index (χ1) is 9.11. The highest BCUT2D eigenvalue weighted by Gasteiger charge is 2.31. The fraction of sp³-hybridized carbons (Fsp3) is 0.429. The monoisotopic (exact) mass is 280 g/mol. The highest BCUT2D eigenvalue weighted by Crippen LogP contribution is 2.18. The second-order valence-electron chi connectivity index (χ2n) is 4.61. The summed E-state index contributed by atoms with van der Waals surface area (Å²) in [6, 6.07) is 6.56. The Kier molecular flexibility index (Phi) is 4.43. The van der Waals surface area contributed by atoms with Gasteiger partial charge in [0, 0.05) is 23.7 Å². The molecule has 0 spiro atoms. The summed E-state index contributed by atoms with van der Waals surface area (Å²) >= 11 is 5.80. The van der Waals surface area contributed by atoms with Crippen LogP contribution in [0, 0.1) is 0 Å². The minimum atomic E-state index is -0.384. The fourth-order valence-electron chi connectivity index (χ4n) is 2.30. The number of carbonyl (C=O) groups is 2. The smallest absolute Gasteiger partial charge is 0.247 e. The van der Waals surface area contributed by atoms with Crippen LogP contribution in [0.1, 0.15) is 26.2 Å². The molecule has 19 heavy (non-hydrogen) atoms. The molecule has 1 fully saturated rings. The number of halogens is 1. The van der Waals surface area contributed by atoms with E-state index in [2.05, 4.69) is 5.32 Å². The molecule has 1 atom stereocenters. The summed E-state index contributed by atoms with van der Waals surface area (Å²) in [6.45, 7) is 2.59. The Morgan fingerprint density at radius 3 is 2.63 bits per heavy atom. The van der Waals surface area contributed by atoms with E-state index in [-0.39, 0.29) is 17.9 Å². The van der Waals surface area contributed by atoms with Gasteiger partial charge in [-0.2, -0.15) is 0 Å². The lowest BCUT2D eigenvalue weighted by atomic mass is 10.1. The molecule has 0 aromatic heterocycles. The first kappa shape index (κ1) is 13.9. The van der Waals surface area contributed by atoms with Gasteiger partial charge in [-0.25, -0.2) is 0 Å². The summed E-state index contributed by atoms with van der Waals surface area (Å²) in [5.74, 6) is -0.0711. The van der Waals surface area contributed by atoms with Gasteiger partial charge in [0.25, 0.3) is 0 Å². The Morgan fingerprint density at radius 2 is 2.11 bits per heavy atom. The second kappa shape index (κ2) is 6.06. The highest BCUT2D eigenvalue weighted by molar-refractivity contribution is 6.30. The Morgan fingerprint density at radius 1 is 1.42 bits per heavy atom. The zero-order valence-corrected chi connectivity index (χ0v) is 11.6. The van der Waals surface area contributed by atoms with Crippen LogP contribution in [0.25, 0.3) is 0 Å². The third kappa shape index (κ3) is 3.26. The predicted octanol–water partition coefficient (Wildman–Crippen LogP) is 2.68. The van der Waals surface area contributed by atoms with Crippen LogP contribution in [0.2, 0.25) is 5.02 Å². The van der Waals surface area contributed by atoms with E-state index < -0.39 is 0 Å². The number of nitrogens with zero attached hydrogens (tertiary/aromatic N) is 1. The third-order valence-electron chi connectivity index (χ3n) is 3.29. The van der Waals surface area contributed by atoms with E-state index in [1.54, 1.807) is 29.2 Å². The molecule has 5 heteroatoms. The maximum Gasteiger partial charge on any atom is 0.247 e.